The maximum absolute atomic E-state index is 12.3. The van der Waals surface area contributed by atoms with Gasteiger partial charge in [-0.15, -0.1) is 0 Å². The summed E-state index contributed by atoms with van der Waals surface area (Å²) in [5, 5.41) is 7.26. The van der Waals surface area contributed by atoms with Gasteiger partial charge in [0.25, 0.3) is 5.56 Å². The first-order valence-electron chi connectivity index (χ1n) is 6.84. The highest BCUT2D eigenvalue weighted by atomic mass is 16.1. The van der Waals surface area contributed by atoms with Gasteiger partial charge in [-0.1, -0.05) is 13.8 Å². The van der Waals surface area contributed by atoms with Gasteiger partial charge in [0.05, 0.1) is 11.9 Å². The highest BCUT2D eigenvalue weighted by molar-refractivity contribution is 5.52. The van der Waals surface area contributed by atoms with Crippen LogP contribution in [0.2, 0.25) is 0 Å². The lowest BCUT2D eigenvalue weighted by atomic mass is 10.2. The smallest absolute Gasteiger partial charge is 0.293 e. The van der Waals surface area contributed by atoms with Crippen LogP contribution in [0.1, 0.15) is 33.7 Å². The van der Waals surface area contributed by atoms with Crippen molar-refractivity contribution in [2.45, 2.75) is 40.3 Å². The van der Waals surface area contributed by atoms with E-state index in [0.29, 0.717) is 18.3 Å². The van der Waals surface area contributed by atoms with E-state index in [2.05, 4.69) is 29.2 Å². The van der Waals surface area contributed by atoms with Crippen LogP contribution < -0.4 is 10.9 Å². The molecule has 20 heavy (non-hydrogen) atoms. The number of aromatic nitrogens is 4. The number of anilines is 2. The first-order valence-corrected chi connectivity index (χ1v) is 6.84. The molecule has 0 saturated heterocycles. The molecule has 0 fully saturated rings. The van der Waals surface area contributed by atoms with Crippen LogP contribution in [0.25, 0.3) is 0 Å². The van der Waals surface area contributed by atoms with Gasteiger partial charge in [0.2, 0.25) is 0 Å². The second kappa shape index (κ2) is 5.90. The molecule has 0 bridgehead atoms. The molecule has 1 N–H and O–H groups in total. The third kappa shape index (κ3) is 3.26. The zero-order valence-electron chi connectivity index (χ0n) is 12.4. The van der Waals surface area contributed by atoms with E-state index >= 15 is 0 Å². The summed E-state index contributed by atoms with van der Waals surface area (Å²) in [6.07, 6.45) is 6.91. The van der Waals surface area contributed by atoms with Crippen LogP contribution in [0.5, 0.6) is 0 Å². The Morgan fingerprint density at radius 1 is 1.30 bits per heavy atom. The molecule has 0 aliphatic rings. The Balaban J connectivity index is 2.22. The molecule has 0 aliphatic heterocycles. The average Bonchev–Trinajstić information content (AvgIpc) is 2.82. The molecule has 2 rings (SSSR count). The van der Waals surface area contributed by atoms with E-state index < -0.39 is 0 Å². The topological polar surface area (TPSA) is 64.7 Å². The fourth-order valence-electron chi connectivity index (χ4n) is 1.89. The Morgan fingerprint density at radius 2 is 2.05 bits per heavy atom. The molecule has 6 nitrogen and oxygen atoms in total. The standard InChI is InChI=1S/C14H21N5O/c1-10(2)8-18-6-5-15-13(14(18)20)17-12-7-16-19(9-12)11(3)4/h5-7,9-11H,8H2,1-4H3,(H,15,17). The molecular formula is C14H21N5O. The predicted molar refractivity (Wildman–Crippen MR) is 79.2 cm³/mol. The highest BCUT2D eigenvalue weighted by Gasteiger charge is 2.08. The predicted octanol–water partition coefficient (Wildman–Crippen LogP) is 2.42. The molecule has 0 radical (unpaired) electrons. The van der Waals surface area contributed by atoms with Crippen LogP contribution in [0.4, 0.5) is 11.5 Å². The highest BCUT2D eigenvalue weighted by Crippen LogP contribution is 2.13. The minimum absolute atomic E-state index is 0.113. The number of rotatable bonds is 5. The number of nitrogens with one attached hydrogen (secondary N) is 1. The molecular weight excluding hydrogens is 254 g/mol. The second-order valence-corrected chi connectivity index (χ2v) is 5.55. The Kier molecular flexibility index (Phi) is 4.22. The van der Waals surface area contributed by atoms with Gasteiger partial charge in [-0.05, 0) is 19.8 Å². The van der Waals surface area contributed by atoms with Crippen molar-refractivity contribution in [2.24, 2.45) is 5.92 Å². The van der Waals surface area contributed by atoms with E-state index in [-0.39, 0.29) is 11.6 Å². The summed E-state index contributed by atoms with van der Waals surface area (Å²) in [5.41, 5.74) is 0.657. The summed E-state index contributed by atoms with van der Waals surface area (Å²) in [6, 6.07) is 0.284. The van der Waals surface area contributed by atoms with Crippen molar-refractivity contribution in [2.75, 3.05) is 5.32 Å². The summed E-state index contributed by atoms with van der Waals surface area (Å²) >= 11 is 0. The number of hydrogen-bond acceptors (Lipinski definition) is 4. The molecule has 0 aliphatic carbocycles. The zero-order valence-corrected chi connectivity index (χ0v) is 12.4. The quantitative estimate of drug-likeness (QED) is 0.910. The first-order chi connectivity index (χ1) is 9.47. The lowest BCUT2D eigenvalue weighted by molar-refractivity contribution is 0.510. The molecule has 0 saturated carbocycles. The number of hydrogen-bond donors (Lipinski definition) is 1. The van der Waals surface area contributed by atoms with Gasteiger partial charge < -0.3 is 9.88 Å². The Labute approximate surface area is 118 Å². The molecule has 2 aromatic rings. The summed E-state index contributed by atoms with van der Waals surface area (Å²) in [7, 11) is 0. The molecule has 0 amide bonds. The maximum Gasteiger partial charge on any atom is 0.293 e. The van der Waals surface area contributed by atoms with Crippen molar-refractivity contribution in [3.05, 3.63) is 35.1 Å². The molecule has 0 aromatic carbocycles. The molecule has 6 heteroatoms. The van der Waals surface area contributed by atoms with Crippen LogP contribution in [0.3, 0.4) is 0 Å². The van der Waals surface area contributed by atoms with E-state index in [0.717, 1.165) is 5.69 Å². The molecule has 108 valence electrons. The Hall–Kier alpha value is -2.11. The van der Waals surface area contributed by atoms with Crippen LogP contribution in [0.15, 0.2) is 29.6 Å². The fourth-order valence-corrected chi connectivity index (χ4v) is 1.89. The Bertz CT molecular complexity index is 626. The van der Waals surface area contributed by atoms with E-state index in [1.165, 1.54) is 0 Å². The summed E-state index contributed by atoms with van der Waals surface area (Å²) in [6.45, 7) is 8.93. The molecule has 0 unspecified atom stereocenters. The second-order valence-electron chi connectivity index (χ2n) is 5.55. The van der Waals surface area contributed by atoms with Crippen molar-refractivity contribution in [1.29, 1.82) is 0 Å². The fraction of sp³-hybridized carbons (Fsp3) is 0.500. The van der Waals surface area contributed by atoms with Gasteiger partial charge in [-0.25, -0.2) is 4.98 Å². The van der Waals surface area contributed by atoms with Gasteiger partial charge in [0.15, 0.2) is 5.82 Å². The van der Waals surface area contributed by atoms with Crippen molar-refractivity contribution in [1.82, 2.24) is 19.3 Å². The SMILES string of the molecule is CC(C)Cn1ccnc(Nc2cnn(C(C)C)c2)c1=O. The van der Waals surface area contributed by atoms with Crippen LogP contribution in [-0.2, 0) is 6.54 Å². The minimum Gasteiger partial charge on any atom is -0.333 e. The minimum atomic E-state index is -0.113. The maximum atomic E-state index is 12.3. The third-order valence-corrected chi connectivity index (χ3v) is 2.87. The van der Waals surface area contributed by atoms with E-state index in [1.807, 2.05) is 24.7 Å². The molecule has 0 spiro atoms. The summed E-state index contributed by atoms with van der Waals surface area (Å²) < 4.78 is 3.50. The van der Waals surface area contributed by atoms with E-state index in [4.69, 9.17) is 0 Å². The van der Waals surface area contributed by atoms with Gasteiger partial charge >= 0.3 is 0 Å². The monoisotopic (exact) mass is 275 g/mol. The van der Waals surface area contributed by atoms with E-state index in [1.54, 1.807) is 23.2 Å². The van der Waals surface area contributed by atoms with Crippen molar-refractivity contribution in [3.63, 3.8) is 0 Å². The third-order valence-electron chi connectivity index (χ3n) is 2.87. The number of nitrogens with zero attached hydrogens (tertiary/aromatic N) is 4. The van der Waals surface area contributed by atoms with Gasteiger partial charge in [-0.3, -0.25) is 9.48 Å². The van der Waals surface area contributed by atoms with Crippen LogP contribution in [0, 0.1) is 5.92 Å². The van der Waals surface area contributed by atoms with E-state index in [9.17, 15) is 4.79 Å². The van der Waals surface area contributed by atoms with Crippen molar-refractivity contribution < 1.29 is 0 Å². The lowest BCUT2D eigenvalue weighted by Crippen LogP contribution is -2.24. The van der Waals surface area contributed by atoms with Gasteiger partial charge in [0.1, 0.15) is 0 Å². The van der Waals surface area contributed by atoms with Gasteiger partial charge in [-0.2, -0.15) is 5.10 Å². The van der Waals surface area contributed by atoms with Crippen LogP contribution in [-0.4, -0.2) is 19.3 Å². The molecule has 0 atom stereocenters. The lowest BCUT2D eigenvalue weighted by Gasteiger charge is -2.10. The van der Waals surface area contributed by atoms with Crippen molar-refractivity contribution in [3.8, 4) is 0 Å². The normalized spacial score (nSPS) is 11.3. The average molecular weight is 275 g/mol. The van der Waals surface area contributed by atoms with Gasteiger partial charge in [0, 0.05) is 31.2 Å². The molecule has 2 aromatic heterocycles. The zero-order chi connectivity index (χ0) is 14.7. The summed E-state index contributed by atoms with van der Waals surface area (Å²) in [4.78, 5) is 16.4. The van der Waals surface area contributed by atoms with Crippen LogP contribution >= 0.6 is 0 Å². The first kappa shape index (κ1) is 14.3. The van der Waals surface area contributed by atoms with Crippen molar-refractivity contribution >= 4 is 11.5 Å². The molecule has 2 heterocycles. The largest absolute Gasteiger partial charge is 0.333 e. The summed E-state index contributed by atoms with van der Waals surface area (Å²) in [5.74, 6) is 0.739. The Morgan fingerprint density at radius 3 is 2.65 bits per heavy atom.